The number of ether oxygens (including phenoxy) is 1. The molecule has 0 radical (unpaired) electrons. The zero-order valence-corrected chi connectivity index (χ0v) is 19.1. The fourth-order valence-corrected chi connectivity index (χ4v) is 4.43. The van der Waals surface area contributed by atoms with E-state index in [1.807, 2.05) is 36.4 Å². The molecule has 2 aromatic heterocycles. The van der Waals surface area contributed by atoms with Crippen molar-refractivity contribution in [3.8, 4) is 17.3 Å². The molecule has 2 aromatic carbocycles. The Morgan fingerprint density at radius 2 is 2.03 bits per heavy atom. The van der Waals surface area contributed by atoms with Crippen molar-refractivity contribution < 1.29 is 9.53 Å². The molecule has 8 heteroatoms. The van der Waals surface area contributed by atoms with Crippen LogP contribution in [-0.4, -0.2) is 39.7 Å². The summed E-state index contributed by atoms with van der Waals surface area (Å²) in [5.74, 6) is 0.396. The van der Waals surface area contributed by atoms with Crippen LogP contribution in [0.5, 0.6) is 0 Å². The van der Waals surface area contributed by atoms with Crippen molar-refractivity contribution in [1.82, 2.24) is 14.5 Å². The molecule has 4 aromatic rings. The summed E-state index contributed by atoms with van der Waals surface area (Å²) in [6.45, 7) is 1.46. The number of carbonyl (C=O) groups is 1. The SMILES string of the molecule is N#Cc1cc(-c2ccnc(NC3CCOCC3)n2)cc2ccn(C(=O)Cc3ccccc3Cl)c12. The molecule has 1 aliphatic rings. The Labute approximate surface area is 202 Å². The first kappa shape index (κ1) is 22.1. The second-order valence-corrected chi connectivity index (χ2v) is 8.62. The summed E-state index contributed by atoms with van der Waals surface area (Å²) in [6, 6.07) is 17.2. The second kappa shape index (κ2) is 9.64. The molecule has 0 saturated carbocycles. The Bertz CT molecular complexity index is 1400. The molecule has 1 fully saturated rings. The van der Waals surface area contributed by atoms with Gasteiger partial charge in [0.25, 0.3) is 0 Å². The van der Waals surface area contributed by atoms with E-state index in [0.29, 0.717) is 27.7 Å². The molecule has 7 nitrogen and oxygen atoms in total. The quantitative estimate of drug-likeness (QED) is 0.435. The largest absolute Gasteiger partial charge is 0.381 e. The number of rotatable bonds is 5. The van der Waals surface area contributed by atoms with Gasteiger partial charge in [-0.2, -0.15) is 5.26 Å². The number of carbonyl (C=O) groups excluding carboxylic acids is 1. The number of nitrogens with one attached hydrogen (secondary N) is 1. The number of aromatic nitrogens is 3. The van der Waals surface area contributed by atoms with E-state index in [2.05, 4.69) is 21.4 Å². The van der Waals surface area contributed by atoms with E-state index in [4.69, 9.17) is 16.3 Å². The number of anilines is 1. The molecule has 0 atom stereocenters. The van der Waals surface area contributed by atoms with Crippen molar-refractivity contribution in [3.63, 3.8) is 0 Å². The van der Waals surface area contributed by atoms with Gasteiger partial charge in [0.1, 0.15) is 6.07 Å². The molecule has 0 bridgehead atoms. The van der Waals surface area contributed by atoms with Gasteiger partial charge in [-0.1, -0.05) is 29.8 Å². The van der Waals surface area contributed by atoms with Crippen LogP contribution in [0.2, 0.25) is 5.02 Å². The third-order valence-electron chi connectivity index (χ3n) is 5.98. The van der Waals surface area contributed by atoms with E-state index in [9.17, 15) is 10.1 Å². The van der Waals surface area contributed by atoms with Crippen LogP contribution < -0.4 is 5.32 Å². The van der Waals surface area contributed by atoms with Gasteiger partial charge in [-0.3, -0.25) is 9.36 Å². The predicted octanol–water partition coefficient (Wildman–Crippen LogP) is 5.10. The Morgan fingerprint density at radius 3 is 2.82 bits per heavy atom. The van der Waals surface area contributed by atoms with E-state index in [1.165, 1.54) is 4.57 Å². The highest BCUT2D eigenvalue weighted by Gasteiger charge is 2.18. The lowest BCUT2D eigenvalue weighted by Crippen LogP contribution is -2.28. The summed E-state index contributed by atoms with van der Waals surface area (Å²) in [5.41, 5.74) is 3.23. The second-order valence-electron chi connectivity index (χ2n) is 8.22. The van der Waals surface area contributed by atoms with Crippen molar-refractivity contribution in [2.75, 3.05) is 18.5 Å². The van der Waals surface area contributed by atoms with Crippen LogP contribution >= 0.6 is 11.6 Å². The first-order valence-corrected chi connectivity index (χ1v) is 11.5. The van der Waals surface area contributed by atoms with Gasteiger partial charge >= 0.3 is 0 Å². The highest BCUT2D eigenvalue weighted by Crippen LogP contribution is 2.29. The van der Waals surface area contributed by atoms with Crippen molar-refractivity contribution in [3.05, 3.63) is 77.1 Å². The van der Waals surface area contributed by atoms with Crippen molar-refractivity contribution >= 4 is 34.4 Å². The summed E-state index contributed by atoms with van der Waals surface area (Å²) in [4.78, 5) is 22.1. The van der Waals surface area contributed by atoms with Crippen LogP contribution in [0.15, 0.2) is 60.9 Å². The molecular weight excluding hydrogens is 450 g/mol. The van der Waals surface area contributed by atoms with Crippen molar-refractivity contribution in [2.45, 2.75) is 25.3 Å². The van der Waals surface area contributed by atoms with Gasteiger partial charge in [0.2, 0.25) is 11.9 Å². The molecule has 0 aliphatic carbocycles. The molecular formula is C26H22ClN5O2. The molecule has 1 aliphatic heterocycles. The minimum Gasteiger partial charge on any atom is -0.381 e. The Hall–Kier alpha value is -3.73. The normalized spacial score (nSPS) is 14.1. The number of nitriles is 1. The van der Waals surface area contributed by atoms with Crippen LogP contribution in [-0.2, 0) is 11.2 Å². The molecule has 34 heavy (non-hydrogen) atoms. The number of halogens is 1. The maximum atomic E-state index is 13.1. The van der Waals surface area contributed by atoms with Crippen LogP contribution in [0.3, 0.4) is 0 Å². The van der Waals surface area contributed by atoms with Gasteiger partial charge in [0, 0.05) is 47.6 Å². The maximum absolute atomic E-state index is 13.1. The van der Waals surface area contributed by atoms with Gasteiger partial charge in [0.05, 0.1) is 23.2 Å². The van der Waals surface area contributed by atoms with Gasteiger partial charge in [-0.05, 0) is 48.7 Å². The van der Waals surface area contributed by atoms with E-state index in [1.54, 1.807) is 24.5 Å². The summed E-state index contributed by atoms with van der Waals surface area (Å²) >= 11 is 6.23. The van der Waals surface area contributed by atoms with Crippen molar-refractivity contribution in [2.24, 2.45) is 0 Å². The first-order valence-electron chi connectivity index (χ1n) is 11.1. The number of nitrogens with zero attached hydrogens (tertiary/aromatic N) is 4. The maximum Gasteiger partial charge on any atom is 0.235 e. The predicted molar refractivity (Wildman–Crippen MR) is 131 cm³/mol. The highest BCUT2D eigenvalue weighted by molar-refractivity contribution is 6.31. The molecule has 170 valence electrons. The van der Waals surface area contributed by atoms with Gasteiger partial charge in [-0.25, -0.2) is 9.97 Å². The molecule has 5 rings (SSSR count). The fourth-order valence-electron chi connectivity index (χ4n) is 4.23. The van der Waals surface area contributed by atoms with Gasteiger partial charge in [0.15, 0.2) is 0 Å². The van der Waals surface area contributed by atoms with E-state index < -0.39 is 0 Å². The lowest BCUT2D eigenvalue weighted by molar-refractivity contribution is 0.0902. The zero-order valence-electron chi connectivity index (χ0n) is 18.4. The first-order chi connectivity index (χ1) is 16.6. The Balaban J connectivity index is 1.46. The highest BCUT2D eigenvalue weighted by atomic mass is 35.5. The van der Waals surface area contributed by atoms with Gasteiger partial charge in [-0.15, -0.1) is 0 Å². The van der Waals surface area contributed by atoms with Crippen molar-refractivity contribution in [1.29, 1.82) is 5.26 Å². The number of fused-ring (bicyclic) bond motifs is 1. The minimum atomic E-state index is -0.155. The summed E-state index contributed by atoms with van der Waals surface area (Å²) < 4.78 is 6.94. The molecule has 0 amide bonds. The van der Waals surface area contributed by atoms with Crippen LogP contribution in [0.25, 0.3) is 22.2 Å². The molecule has 1 N–H and O–H groups in total. The molecule has 1 saturated heterocycles. The fraction of sp³-hybridized carbons (Fsp3) is 0.231. The van der Waals surface area contributed by atoms with Crippen LogP contribution in [0, 0.1) is 11.3 Å². The minimum absolute atomic E-state index is 0.142. The van der Waals surface area contributed by atoms with E-state index >= 15 is 0 Å². The average molecular weight is 472 g/mol. The van der Waals surface area contributed by atoms with Gasteiger partial charge < -0.3 is 10.1 Å². The Morgan fingerprint density at radius 1 is 1.21 bits per heavy atom. The summed E-state index contributed by atoms with van der Waals surface area (Å²) in [7, 11) is 0. The molecule has 0 spiro atoms. The molecule has 0 unspecified atom stereocenters. The monoisotopic (exact) mass is 471 g/mol. The smallest absolute Gasteiger partial charge is 0.235 e. The number of hydrogen-bond acceptors (Lipinski definition) is 6. The zero-order chi connectivity index (χ0) is 23.5. The van der Waals surface area contributed by atoms with Crippen LogP contribution in [0.1, 0.15) is 28.8 Å². The summed E-state index contributed by atoms with van der Waals surface area (Å²) in [6.07, 6.45) is 5.37. The average Bonchev–Trinajstić information content (AvgIpc) is 3.30. The standard InChI is InChI=1S/C26H22ClN5O2/c27-22-4-2-1-3-17(22)15-24(33)32-10-6-18-13-19(14-20(16-28)25(18)32)23-5-9-29-26(31-23)30-21-7-11-34-12-8-21/h1-6,9-10,13-14,21H,7-8,11-12,15H2,(H,29,30,31). The third kappa shape index (κ3) is 4.51. The third-order valence-corrected chi connectivity index (χ3v) is 6.35. The number of hydrogen-bond donors (Lipinski definition) is 1. The lowest BCUT2D eigenvalue weighted by atomic mass is 10.0. The number of benzene rings is 2. The summed E-state index contributed by atoms with van der Waals surface area (Å²) in [5, 5.41) is 14.6. The van der Waals surface area contributed by atoms with Crippen LogP contribution in [0.4, 0.5) is 5.95 Å². The van der Waals surface area contributed by atoms with E-state index in [0.717, 1.165) is 42.6 Å². The Kier molecular flexibility index (Phi) is 6.26. The molecule has 3 heterocycles. The topological polar surface area (TPSA) is 92.8 Å². The lowest BCUT2D eigenvalue weighted by Gasteiger charge is -2.23. The van der Waals surface area contributed by atoms with E-state index in [-0.39, 0.29) is 18.4 Å².